The Morgan fingerprint density at radius 3 is 2.68 bits per heavy atom. The highest BCUT2D eigenvalue weighted by atomic mass is 32.1. The molecule has 0 amide bonds. The summed E-state index contributed by atoms with van der Waals surface area (Å²) in [6, 6.07) is 7.34. The van der Waals surface area contributed by atoms with E-state index >= 15 is 0 Å². The lowest BCUT2D eigenvalue weighted by Gasteiger charge is -2.31. The molecule has 1 heterocycles. The van der Waals surface area contributed by atoms with Gasteiger partial charge >= 0.3 is 0 Å². The van der Waals surface area contributed by atoms with Gasteiger partial charge in [-0.2, -0.15) is 0 Å². The summed E-state index contributed by atoms with van der Waals surface area (Å²) in [6.07, 6.45) is 1.02. The molecule has 1 aromatic carbocycles. The highest BCUT2D eigenvalue weighted by Gasteiger charge is 2.20. The van der Waals surface area contributed by atoms with Crippen molar-refractivity contribution >= 4 is 17.2 Å². The number of aliphatic hydroxyl groups excluding tert-OH is 2. The first kappa shape index (κ1) is 14.4. The molecule has 2 atom stereocenters. The van der Waals surface area contributed by atoms with Gasteiger partial charge in [0.25, 0.3) is 0 Å². The summed E-state index contributed by atoms with van der Waals surface area (Å²) < 4.78 is 0. The molecule has 0 spiro atoms. The molecule has 0 radical (unpaired) electrons. The Bertz CT molecular complexity index is 436. The summed E-state index contributed by atoms with van der Waals surface area (Å²) in [5.41, 5.74) is 7.19. The second kappa shape index (κ2) is 6.43. The maximum absolute atomic E-state index is 10.2. The van der Waals surface area contributed by atoms with Gasteiger partial charge in [0, 0.05) is 18.7 Å². The van der Waals surface area contributed by atoms with Crippen LogP contribution in [0.5, 0.6) is 0 Å². The van der Waals surface area contributed by atoms with Crippen molar-refractivity contribution in [2.45, 2.75) is 25.0 Å². The largest absolute Gasteiger partial charge is 0.392 e. The van der Waals surface area contributed by atoms with Crippen LogP contribution in [0.1, 0.15) is 30.1 Å². The maximum Gasteiger partial charge on any atom is 0.103 e. The third kappa shape index (κ3) is 3.98. The molecule has 1 saturated heterocycles. The Hall–Kier alpha value is -1.01. The fourth-order valence-corrected chi connectivity index (χ4v) is 2.55. The minimum Gasteiger partial charge on any atom is -0.392 e. The van der Waals surface area contributed by atoms with Crippen molar-refractivity contribution < 1.29 is 10.2 Å². The van der Waals surface area contributed by atoms with Gasteiger partial charge in [-0.15, -0.1) is 0 Å². The van der Waals surface area contributed by atoms with Crippen molar-refractivity contribution in [2.75, 3.05) is 19.6 Å². The van der Waals surface area contributed by atoms with Crippen LogP contribution in [-0.2, 0) is 0 Å². The smallest absolute Gasteiger partial charge is 0.103 e. The molecule has 0 saturated carbocycles. The van der Waals surface area contributed by atoms with Gasteiger partial charge in [-0.25, -0.2) is 0 Å². The first-order valence-electron chi connectivity index (χ1n) is 6.54. The van der Waals surface area contributed by atoms with E-state index in [0.717, 1.165) is 30.5 Å². The number of nitrogens with two attached hydrogens (primary N) is 1. The lowest BCUT2D eigenvalue weighted by Crippen LogP contribution is -2.40. The van der Waals surface area contributed by atoms with Crippen LogP contribution in [0.25, 0.3) is 0 Å². The van der Waals surface area contributed by atoms with Gasteiger partial charge in [0.1, 0.15) is 4.99 Å². The van der Waals surface area contributed by atoms with Crippen LogP contribution in [0.4, 0.5) is 0 Å². The summed E-state index contributed by atoms with van der Waals surface area (Å²) in [7, 11) is 0. The molecule has 4 nitrogen and oxygen atoms in total. The van der Waals surface area contributed by atoms with Gasteiger partial charge in [-0.05, 0) is 24.9 Å². The van der Waals surface area contributed by atoms with Crippen molar-refractivity contribution in [3.8, 4) is 0 Å². The molecule has 4 N–H and O–H groups in total. The Morgan fingerprint density at radius 2 is 2.11 bits per heavy atom. The maximum atomic E-state index is 10.2. The van der Waals surface area contributed by atoms with Gasteiger partial charge in [0.2, 0.25) is 0 Å². The van der Waals surface area contributed by atoms with E-state index in [1.165, 1.54) is 0 Å². The van der Waals surface area contributed by atoms with Crippen molar-refractivity contribution in [3.63, 3.8) is 0 Å². The predicted molar refractivity (Wildman–Crippen MR) is 79.0 cm³/mol. The van der Waals surface area contributed by atoms with E-state index < -0.39 is 6.10 Å². The van der Waals surface area contributed by atoms with Gasteiger partial charge in [0.05, 0.1) is 12.2 Å². The Kier molecular flexibility index (Phi) is 4.87. The number of hydrogen-bond donors (Lipinski definition) is 3. The molecule has 1 aliphatic rings. The van der Waals surface area contributed by atoms with Crippen LogP contribution in [0.3, 0.4) is 0 Å². The van der Waals surface area contributed by atoms with Crippen LogP contribution in [0, 0.1) is 0 Å². The number of thiocarbonyl (C=S) groups is 1. The predicted octanol–water partition coefficient (Wildman–Crippen LogP) is 0.811. The second-order valence-corrected chi connectivity index (χ2v) is 5.50. The summed E-state index contributed by atoms with van der Waals surface area (Å²) in [5, 5.41) is 19.8. The lowest BCUT2D eigenvalue weighted by atomic mass is 10.0. The number of hydrogen-bond acceptors (Lipinski definition) is 4. The first-order chi connectivity index (χ1) is 9.06. The zero-order valence-corrected chi connectivity index (χ0v) is 11.6. The van der Waals surface area contributed by atoms with Crippen LogP contribution < -0.4 is 5.73 Å². The zero-order chi connectivity index (χ0) is 13.8. The molecule has 1 aromatic rings. The SMILES string of the molecule is NC(=S)c1ccc(C(O)CN2CCCC(O)C2)cc1. The van der Waals surface area contributed by atoms with E-state index in [-0.39, 0.29) is 6.10 Å². The molecule has 2 rings (SSSR count). The van der Waals surface area contributed by atoms with Gasteiger partial charge < -0.3 is 15.9 Å². The number of likely N-dealkylation sites (tertiary alicyclic amines) is 1. The minimum absolute atomic E-state index is 0.266. The number of β-amino-alcohol motifs (C(OH)–C–C–N with tert-alkyl or cyclic N) is 2. The second-order valence-electron chi connectivity index (χ2n) is 5.06. The van der Waals surface area contributed by atoms with Crippen molar-refractivity contribution in [3.05, 3.63) is 35.4 Å². The van der Waals surface area contributed by atoms with E-state index in [0.29, 0.717) is 18.1 Å². The van der Waals surface area contributed by atoms with Crippen LogP contribution in [0.15, 0.2) is 24.3 Å². The molecule has 0 aromatic heterocycles. The summed E-state index contributed by atoms with van der Waals surface area (Å²) in [4.78, 5) is 2.46. The third-order valence-corrected chi connectivity index (χ3v) is 3.73. The first-order valence-corrected chi connectivity index (χ1v) is 6.95. The van der Waals surface area contributed by atoms with Crippen LogP contribution in [-0.4, -0.2) is 45.8 Å². The van der Waals surface area contributed by atoms with Crippen molar-refractivity contribution in [1.29, 1.82) is 0 Å². The Balaban J connectivity index is 1.95. The molecule has 1 aliphatic heterocycles. The van der Waals surface area contributed by atoms with E-state index in [1.807, 2.05) is 24.3 Å². The molecule has 5 heteroatoms. The normalized spacial score (nSPS) is 22.1. The topological polar surface area (TPSA) is 69.7 Å². The fourth-order valence-electron chi connectivity index (χ4n) is 2.42. The minimum atomic E-state index is -0.550. The Morgan fingerprint density at radius 1 is 1.42 bits per heavy atom. The van der Waals surface area contributed by atoms with E-state index in [9.17, 15) is 10.2 Å². The van der Waals surface area contributed by atoms with Gasteiger partial charge in [-0.1, -0.05) is 36.5 Å². The number of aliphatic hydroxyl groups is 2. The summed E-state index contributed by atoms with van der Waals surface area (Å²) >= 11 is 4.89. The molecular weight excluding hydrogens is 260 g/mol. The van der Waals surface area contributed by atoms with E-state index in [2.05, 4.69) is 4.90 Å². The third-order valence-electron chi connectivity index (χ3n) is 3.49. The molecule has 0 bridgehead atoms. The summed E-state index contributed by atoms with van der Waals surface area (Å²) in [6.45, 7) is 2.12. The number of nitrogens with zero attached hydrogens (tertiary/aromatic N) is 1. The summed E-state index contributed by atoms with van der Waals surface area (Å²) in [5.74, 6) is 0. The molecular formula is C14H20N2O2S. The van der Waals surface area contributed by atoms with Gasteiger partial charge in [-0.3, -0.25) is 4.90 Å². The zero-order valence-electron chi connectivity index (χ0n) is 10.8. The van der Waals surface area contributed by atoms with Crippen molar-refractivity contribution in [1.82, 2.24) is 4.90 Å². The number of piperidine rings is 1. The lowest BCUT2D eigenvalue weighted by molar-refractivity contribution is 0.0392. The molecule has 19 heavy (non-hydrogen) atoms. The highest BCUT2D eigenvalue weighted by Crippen LogP contribution is 2.18. The molecule has 104 valence electrons. The Labute approximate surface area is 118 Å². The average Bonchev–Trinajstić information content (AvgIpc) is 2.39. The van der Waals surface area contributed by atoms with Crippen LogP contribution in [0.2, 0.25) is 0 Å². The molecule has 2 unspecified atom stereocenters. The van der Waals surface area contributed by atoms with Crippen molar-refractivity contribution in [2.24, 2.45) is 5.73 Å². The highest BCUT2D eigenvalue weighted by molar-refractivity contribution is 7.80. The average molecular weight is 280 g/mol. The quantitative estimate of drug-likeness (QED) is 0.712. The molecule has 0 aliphatic carbocycles. The molecule has 1 fully saturated rings. The number of rotatable bonds is 4. The fraction of sp³-hybridized carbons (Fsp3) is 0.500. The van der Waals surface area contributed by atoms with Crippen LogP contribution >= 0.6 is 12.2 Å². The van der Waals surface area contributed by atoms with Gasteiger partial charge in [0.15, 0.2) is 0 Å². The standard InChI is InChI=1S/C14H20N2O2S/c15-14(19)11-5-3-10(4-6-11)13(18)9-16-7-1-2-12(17)8-16/h3-6,12-13,17-18H,1-2,7-9H2,(H2,15,19). The van der Waals surface area contributed by atoms with E-state index in [4.69, 9.17) is 18.0 Å². The monoisotopic (exact) mass is 280 g/mol. The number of benzene rings is 1. The van der Waals surface area contributed by atoms with E-state index in [1.54, 1.807) is 0 Å².